The molecule has 3 aromatic heterocycles. The molecule has 4 rings (SSSR count). The van der Waals surface area contributed by atoms with Crippen molar-refractivity contribution in [2.24, 2.45) is 0 Å². The van der Waals surface area contributed by atoms with Crippen molar-refractivity contribution in [3.05, 3.63) is 83.2 Å². The molecule has 0 saturated heterocycles. The predicted octanol–water partition coefficient (Wildman–Crippen LogP) is 2.97. The molecule has 0 spiro atoms. The molecule has 0 radical (unpaired) electrons. The second-order valence-corrected chi connectivity index (χ2v) is 9.04. The molecule has 0 aliphatic carbocycles. The van der Waals surface area contributed by atoms with E-state index in [2.05, 4.69) is 36.2 Å². The fourth-order valence-electron chi connectivity index (χ4n) is 3.75. The summed E-state index contributed by atoms with van der Waals surface area (Å²) >= 11 is 0. The minimum atomic E-state index is -4.60. The van der Waals surface area contributed by atoms with Crippen LogP contribution in [0.4, 0.5) is 17.6 Å². The highest BCUT2D eigenvalue weighted by Crippen LogP contribution is 2.27. The Morgan fingerprint density at radius 3 is 2.33 bits per heavy atom. The number of hydrogen-bond acceptors (Lipinski definition) is 8. The maximum absolute atomic E-state index is 14.6. The Morgan fingerprint density at radius 2 is 1.62 bits per heavy atom. The number of benzene rings is 1. The van der Waals surface area contributed by atoms with Crippen LogP contribution in [0.25, 0.3) is 0 Å². The average Bonchev–Trinajstić information content (AvgIpc) is 3.64. The van der Waals surface area contributed by atoms with Crippen molar-refractivity contribution in [3.8, 4) is 5.75 Å². The molecule has 3 heterocycles. The molecule has 42 heavy (non-hydrogen) atoms. The Kier molecular flexibility index (Phi) is 9.77. The number of pyridine rings is 1. The first kappa shape index (κ1) is 30.1. The Bertz CT molecular complexity index is 1510. The minimum Gasteiger partial charge on any atom is -0.494 e. The molecule has 2 N–H and O–H groups in total. The molecule has 1 aromatic carbocycles. The third kappa shape index (κ3) is 8.55. The van der Waals surface area contributed by atoms with E-state index in [9.17, 15) is 27.2 Å². The van der Waals surface area contributed by atoms with Gasteiger partial charge in [0.25, 0.3) is 11.8 Å². The van der Waals surface area contributed by atoms with Crippen LogP contribution < -0.4 is 15.4 Å². The molecule has 0 fully saturated rings. The van der Waals surface area contributed by atoms with Gasteiger partial charge in [0.05, 0.1) is 37.8 Å². The zero-order valence-corrected chi connectivity index (χ0v) is 22.4. The highest BCUT2D eigenvalue weighted by molar-refractivity contribution is 5.92. The zero-order valence-electron chi connectivity index (χ0n) is 22.4. The van der Waals surface area contributed by atoms with Gasteiger partial charge in [-0.15, -0.1) is 10.2 Å². The van der Waals surface area contributed by atoms with Gasteiger partial charge in [0.2, 0.25) is 0 Å². The third-order valence-corrected chi connectivity index (χ3v) is 5.79. The van der Waals surface area contributed by atoms with Gasteiger partial charge in [-0.1, -0.05) is 28.6 Å². The molecule has 0 aliphatic heterocycles. The Morgan fingerprint density at radius 1 is 0.952 bits per heavy atom. The summed E-state index contributed by atoms with van der Waals surface area (Å²) in [6.07, 6.45) is -3.34. The molecule has 2 amide bonds. The number of rotatable bonds is 13. The van der Waals surface area contributed by atoms with Crippen molar-refractivity contribution >= 4 is 11.8 Å². The van der Waals surface area contributed by atoms with E-state index in [1.165, 1.54) is 33.9 Å². The Balaban J connectivity index is 1.20. The van der Waals surface area contributed by atoms with Gasteiger partial charge in [-0.2, -0.15) is 13.2 Å². The van der Waals surface area contributed by atoms with Gasteiger partial charge >= 0.3 is 6.18 Å². The number of ether oxygens (including phenoxy) is 1. The molecule has 0 bridgehead atoms. The fraction of sp³-hybridized carbons (Fsp3) is 0.346. The van der Waals surface area contributed by atoms with E-state index in [4.69, 9.17) is 4.74 Å². The van der Waals surface area contributed by atoms with Gasteiger partial charge in [0.1, 0.15) is 17.6 Å². The first-order chi connectivity index (χ1) is 20.1. The smallest absolute Gasteiger partial charge is 0.433 e. The number of carbonyl (C=O) groups excluding carboxylic acids is 2. The number of nitrogens with zero attached hydrogens (tertiary/aromatic N) is 7. The van der Waals surface area contributed by atoms with Gasteiger partial charge in [0, 0.05) is 19.5 Å². The number of alkyl halides is 4. The van der Waals surface area contributed by atoms with Crippen molar-refractivity contribution in [2.45, 2.75) is 51.9 Å². The molecular weight excluding hydrogens is 562 g/mol. The number of amides is 2. The average molecular weight is 590 g/mol. The molecular formula is C26H27F4N9O3. The highest BCUT2D eigenvalue weighted by Gasteiger charge is 2.32. The van der Waals surface area contributed by atoms with E-state index in [-0.39, 0.29) is 49.7 Å². The summed E-state index contributed by atoms with van der Waals surface area (Å²) in [4.78, 5) is 28.2. The van der Waals surface area contributed by atoms with Gasteiger partial charge in [0.15, 0.2) is 11.4 Å². The molecule has 12 nitrogen and oxygen atoms in total. The first-order valence-corrected chi connectivity index (χ1v) is 12.9. The third-order valence-electron chi connectivity index (χ3n) is 5.79. The molecule has 222 valence electrons. The normalized spacial score (nSPS) is 12.1. The van der Waals surface area contributed by atoms with Gasteiger partial charge in [-0.25, -0.2) is 14.1 Å². The quantitative estimate of drug-likeness (QED) is 0.227. The summed E-state index contributed by atoms with van der Waals surface area (Å²) in [5.41, 5.74) is -0.255. The largest absolute Gasteiger partial charge is 0.494 e. The number of carbonyl (C=O) groups is 2. The van der Waals surface area contributed by atoms with Gasteiger partial charge < -0.3 is 15.4 Å². The van der Waals surface area contributed by atoms with Crippen LogP contribution >= 0.6 is 0 Å². The van der Waals surface area contributed by atoms with Crippen molar-refractivity contribution in [2.75, 3.05) is 6.61 Å². The number of halogens is 4. The highest BCUT2D eigenvalue weighted by atomic mass is 19.4. The maximum Gasteiger partial charge on any atom is 0.433 e. The number of aromatic nitrogens is 7. The summed E-state index contributed by atoms with van der Waals surface area (Å²) in [6, 6.07) is 10.7. The van der Waals surface area contributed by atoms with Crippen LogP contribution in [-0.4, -0.2) is 59.6 Å². The Hall–Kier alpha value is -4.89. The summed E-state index contributed by atoms with van der Waals surface area (Å²) in [5, 5.41) is 20.3. The second-order valence-electron chi connectivity index (χ2n) is 9.04. The minimum absolute atomic E-state index is 0.00383. The first-order valence-electron chi connectivity index (χ1n) is 12.9. The standard InChI is InChI=1S/C26H27F4N9O3/c1-2-42-20-7-3-5-17(11-20)12-31-24(40)22-16-39(37-35-22)14-18(27)9-10-38-15-21(34-36-38)25(41)32-13-19-6-4-8-23(33-19)26(28,29)30/h3-8,11,15-16,18H,2,9-10,12-14H2,1H3,(H,31,40)(H,32,41). The molecule has 0 saturated carbocycles. The molecule has 4 aromatic rings. The van der Waals surface area contributed by atoms with Crippen LogP contribution in [0.3, 0.4) is 0 Å². The number of nitrogens with one attached hydrogen (secondary N) is 2. The van der Waals surface area contributed by atoms with E-state index in [1.807, 2.05) is 31.2 Å². The summed E-state index contributed by atoms with van der Waals surface area (Å²) in [7, 11) is 0. The van der Waals surface area contributed by atoms with Gasteiger partial charge in [-0.05, 0) is 36.8 Å². The summed E-state index contributed by atoms with van der Waals surface area (Å²) in [6.45, 7) is 2.32. The van der Waals surface area contributed by atoms with E-state index in [1.54, 1.807) is 0 Å². The van der Waals surface area contributed by atoms with E-state index < -0.39 is 29.9 Å². The molecule has 16 heteroatoms. The fourth-order valence-corrected chi connectivity index (χ4v) is 3.75. The van der Waals surface area contributed by atoms with Crippen LogP contribution in [-0.2, 0) is 32.4 Å². The van der Waals surface area contributed by atoms with Gasteiger partial charge in [-0.3, -0.25) is 14.3 Å². The predicted molar refractivity (Wildman–Crippen MR) is 139 cm³/mol. The van der Waals surface area contributed by atoms with Crippen LogP contribution in [0, 0.1) is 0 Å². The van der Waals surface area contributed by atoms with Crippen molar-refractivity contribution in [1.82, 2.24) is 45.6 Å². The SMILES string of the molecule is CCOc1cccc(CNC(=O)c2cn(CC(F)CCn3cc(C(=O)NCc4cccc(C(F)(F)F)n4)nn3)nn2)c1. The van der Waals surface area contributed by atoms with E-state index in [0.717, 1.165) is 11.6 Å². The van der Waals surface area contributed by atoms with E-state index >= 15 is 0 Å². The van der Waals surface area contributed by atoms with Crippen LogP contribution in [0.2, 0.25) is 0 Å². The van der Waals surface area contributed by atoms with Crippen LogP contribution in [0.15, 0.2) is 54.9 Å². The number of aryl methyl sites for hydroxylation is 1. The summed E-state index contributed by atoms with van der Waals surface area (Å²) < 4.78 is 61.0. The molecule has 0 aliphatic rings. The van der Waals surface area contributed by atoms with E-state index in [0.29, 0.717) is 12.4 Å². The van der Waals surface area contributed by atoms with Crippen molar-refractivity contribution in [3.63, 3.8) is 0 Å². The monoisotopic (exact) mass is 589 g/mol. The summed E-state index contributed by atoms with van der Waals surface area (Å²) in [5.74, 6) is -0.440. The lowest BCUT2D eigenvalue weighted by atomic mass is 10.2. The second kappa shape index (κ2) is 13.6. The Labute approximate surface area is 237 Å². The zero-order chi connectivity index (χ0) is 30.1. The molecule has 1 unspecified atom stereocenters. The lowest BCUT2D eigenvalue weighted by Crippen LogP contribution is -2.24. The lowest BCUT2D eigenvalue weighted by Gasteiger charge is -2.08. The molecule has 1 atom stereocenters. The topological polar surface area (TPSA) is 142 Å². The van der Waals surface area contributed by atoms with Crippen molar-refractivity contribution < 1.29 is 31.9 Å². The van der Waals surface area contributed by atoms with Crippen LogP contribution in [0.1, 0.15) is 51.3 Å². The van der Waals surface area contributed by atoms with Crippen molar-refractivity contribution in [1.29, 1.82) is 0 Å². The van der Waals surface area contributed by atoms with Crippen LogP contribution in [0.5, 0.6) is 5.75 Å². The number of hydrogen-bond donors (Lipinski definition) is 2. The maximum atomic E-state index is 14.6. The lowest BCUT2D eigenvalue weighted by molar-refractivity contribution is -0.141.